The van der Waals surface area contributed by atoms with E-state index in [1.165, 1.54) is 17.7 Å². The highest BCUT2D eigenvalue weighted by Crippen LogP contribution is 2.22. The molecule has 110 valence electrons. The Balaban J connectivity index is -0.000000409. The second-order valence-corrected chi connectivity index (χ2v) is 3.45. The van der Waals surface area contributed by atoms with E-state index in [4.69, 9.17) is 4.74 Å². The smallest absolute Gasteiger partial charge is 0.119 e. The number of hydrogen-bond donors (Lipinski definition) is 1. The van der Waals surface area contributed by atoms with Crippen LogP contribution in [0.15, 0.2) is 23.1 Å². The molecule has 1 N–H and O–H groups in total. The maximum atomic E-state index is 5.28. The fraction of sp³-hybridized carbons (Fsp3) is 0.750. The van der Waals surface area contributed by atoms with Crippen molar-refractivity contribution in [3.8, 4) is 0 Å². The molecular formula is C16H35NO. The van der Waals surface area contributed by atoms with Gasteiger partial charge in [0.05, 0.1) is 7.11 Å². The maximum Gasteiger partial charge on any atom is 0.119 e. The number of hydrogen-bond acceptors (Lipinski definition) is 2. The molecule has 0 heterocycles. The first-order valence-corrected chi connectivity index (χ1v) is 6.96. The molecule has 0 aromatic carbocycles. The van der Waals surface area contributed by atoms with Crippen molar-refractivity contribution in [1.82, 2.24) is 5.32 Å². The highest BCUT2D eigenvalue weighted by molar-refractivity contribution is 5.27. The predicted octanol–water partition coefficient (Wildman–Crippen LogP) is 5.27. The Morgan fingerprint density at radius 1 is 1.17 bits per heavy atom. The molecule has 0 radical (unpaired) electrons. The summed E-state index contributed by atoms with van der Waals surface area (Å²) in [6.07, 6.45) is 5.53. The second-order valence-electron chi connectivity index (χ2n) is 3.45. The van der Waals surface area contributed by atoms with Gasteiger partial charge in [-0.15, -0.1) is 0 Å². The summed E-state index contributed by atoms with van der Waals surface area (Å²) in [5.41, 5.74) is 2.66. The fourth-order valence-corrected chi connectivity index (χ4v) is 1.46. The topological polar surface area (TPSA) is 21.3 Å². The summed E-state index contributed by atoms with van der Waals surface area (Å²) in [6, 6.07) is 0. The van der Waals surface area contributed by atoms with Gasteiger partial charge in [-0.1, -0.05) is 42.0 Å². The maximum absolute atomic E-state index is 5.28. The zero-order valence-corrected chi connectivity index (χ0v) is 12.8. The highest BCUT2D eigenvalue weighted by atomic mass is 16.5. The van der Waals surface area contributed by atoms with E-state index in [1.54, 1.807) is 7.11 Å². The van der Waals surface area contributed by atoms with Gasteiger partial charge in [-0.05, 0) is 37.8 Å². The van der Waals surface area contributed by atoms with E-state index in [1.807, 2.05) is 27.7 Å². The van der Waals surface area contributed by atoms with Gasteiger partial charge in [0, 0.05) is 12.2 Å². The lowest BCUT2D eigenvalue weighted by Crippen LogP contribution is -2.16. The second kappa shape index (κ2) is 16.1. The van der Waals surface area contributed by atoms with Crippen LogP contribution in [0.25, 0.3) is 0 Å². The van der Waals surface area contributed by atoms with E-state index in [0.717, 1.165) is 25.1 Å². The van der Waals surface area contributed by atoms with Gasteiger partial charge in [0.2, 0.25) is 0 Å². The summed E-state index contributed by atoms with van der Waals surface area (Å²) < 4.78 is 5.28. The fourth-order valence-electron chi connectivity index (χ4n) is 1.46. The lowest BCUT2D eigenvalue weighted by Gasteiger charge is -2.18. The molecule has 0 saturated heterocycles. The molecule has 0 saturated carbocycles. The van der Waals surface area contributed by atoms with Crippen molar-refractivity contribution in [2.24, 2.45) is 0 Å². The number of rotatable bonds is 4. The van der Waals surface area contributed by atoms with E-state index in [9.17, 15) is 0 Å². The first kappa shape index (κ1) is 22.3. The summed E-state index contributed by atoms with van der Waals surface area (Å²) in [6.45, 7) is 13.4. The standard InChI is InChI=1S/C11H19NO.2C2H6.CH4/c1-4-7-12-10-6-5-9(2)11(8-10)13-3;2*1-2;/h8,12H,4-7H2,1-3H3;2*1-2H3;1H4. The monoisotopic (exact) mass is 257 g/mol. The van der Waals surface area contributed by atoms with Gasteiger partial charge in [0.15, 0.2) is 0 Å². The zero-order valence-electron chi connectivity index (χ0n) is 12.8. The van der Waals surface area contributed by atoms with Crippen molar-refractivity contribution < 1.29 is 4.74 Å². The largest absolute Gasteiger partial charge is 0.497 e. The minimum absolute atomic E-state index is 0. The Bertz CT molecular complexity index is 229. The third-order valence-corrected chi connectivity index (χ3v) is 2.32. The average molecular weight is 257 g/mol. The third kappa shape index (κ3) is 9.15. The molecule has 1 rings (SSSR count). The predicted molar refractivity (Wildman–Crippen MR) is 84.7 cm³/mol. The summed E-state index contributed by atoms with van der Waals surface area (Å²) in [5, 5.41) is 3.40. The summed E-state index contributed by atoms with van der Waals surface area (Å²) in [4.78, 5) is 0. The Hall–Kier alpha value is -0.920. The molecule has 2 heteroatoms. The van der Waals surface area contributed by atoms with Gasteiger partial charge in [0.25, 0.3) is 0 Å². The minimum Gasteiger partial charge on any atom is -0.497 e. The van der Waals surface area contributed by atoms with Crippen LogP contribution in [-0.2, 0) is 4.74 Å². The number of ether oxygens (including phenoxy) is 1. The van der Waals surface area contributed by atoms with Crippen LogP contribution >= 0.6 is 0 Å². The van der Waals surface area contributed by atoms with Crippen molar-refractivity contribution in [2.75, 3.05) is 13.7 Å². The molecule has 0 aromatic heterocycles. The van der Waals surface area contributed by atoms with Crippen LogP contribution in [0.3, 0.4) is 0 Å². The number of allylic oxidation sites excluding steroid dienone is 3. The number of nitrogens with one attached hydrogen (secondary N) is 1. The molecule has 0 atom stereocenters. The molecule has 18 heavy (non-hydrogen) atoms. The first-order valence-electron chi connectivity index (χ1n) is 6.96. The van der Waals surface area contributed by atoms with Gasteiger partial charge in [0.1, 0.15) is 5.76 Å². The summed E-state index contributed by atoms with van der Waals surface area (Å²) >= 11 is 0. The van der Waals surface area contributed by atoms with Crippen molar-refractivity contribution in [3.05, 3.63) is 23.1 Å². The van der Waals surface area contributed by atoms with Gasteiger partial charge in [-0.2, -0.15) is 0 Å². The molecule has 0 aliphatic heterocycles. The molecule has 1 aliphatic rings. The first-order chi connectivity index (χ1) is 8.27. The van der Waals surface area contributed by atoms with Crippen molar-refractivity contribution in [2.45, 2.75) is 68.2 Å². The Kier molecular flexibility index (Phi) is 19.9. The minimum atomic E-state index is 0. The van der Waals surface area contributed by atoms with E-state index in [-0.39, 0.29) is 7.43 Å². The average Bonchev–Trinajstić information content (AvgIpc) is 2.42. The van der Waals surface area contributed by atoms with Crippen LogP contribution in [0.2, 0.25) is 0 Å². The van der Waals surface area contributed by atoms with Gasteiger partial charge >= 0.3 is 0 Å². The van der Waals surface area contributed by atoms with Gasteiger partial charge in [-0.3, -0.25) is 0 Å². The highest BCUT2D eigenvalue weighted by Gasteiger charge is 2.09. The molecule has 2 nitrogen and oxygen atoms in total. The molecule has 0 amide bonds. The zero-order chi connectivity index (χ0) is 13.7. The Morgan fingerprint density at radius 2 is 1.72 bits per heavy atom. The SMILES string of the molecule is C.CC.CC.CCCNC1=CC(OC)=C(C)CC1. The van der Waals surface area contributed by atoms with Crippen LogP contribution in [0.5, 0.6) is 0 Å². The van der Waals surface area contributed by atoms with E-state index >= 15 is 0 Å². The Labute approximate surface area is 116 Å². The summed E-state index contributed by atoms with van der Waals surface area (Å²) in [7, 11) is 1.73. The van der Waals surface area contributed by atoms with Gasteiger partial charge < -0.3 is 10.1 Å². The van der Waals surface area contributed by atoms with Crippen molar-refractivity contribution in [1.29, 1.82) is 0 Å². The normalized spacial score (nSPS) is 12.9. The third-order valence-electron chi connectivity index (χ3n) is 2.32. The molecule has 0 fully saturated rings. The molecule has 0 unspecified atom stereocenters. The van der Waals surface area contributed by atoms with Crippen molar-refractivity contribution >= 4 is 0 Å². The van der Waals surface area contributed by atoms with Crippen LogP contribution in [0.1, 0.15) is 68.2 Å². The van der Waals surface area contributed by atoms with Crippen LogP contribution in [0, 0.1) is 0 Å². The van der Waals surface area contributed by atoms with Gasteiger partial charge in [-0.25, -0.2) is 0 Å². The quantitative estimate of drug-likeness (QED) is 0.740. The van der Waals surface area contributed by atoms with Crippen LogP contribution in [0.4, 0.5) is 0 Å². The van der Waals surface area contributed by atoms with E-state index in [2.05, 4.69) is 25.2 Å². The van der Waals surface area contributed by atoms with Crippen LogP contribution in [-0.4, -0.2) is 13.7 Å². The Morgan fingerprint density at radius 3 is 2.17 bits per heavy atom. The lowest BCUT2D eigenvalue weighted by molar-refractivity contribution is 0.297. The molecule has 0 spiro atoms. The lowest BCUT2D eigenvalue weighted by atomic mass is 10.0. The molecule has 0 bridgehead atoms. The molecule has 1 aliphatic carbocycles. The van der Waals surface area contributed by atoms with Crippen LogP contribution < -0.4 is 5.32 Å². The van der Waals surface area contributed by atoms with Crippen molar-refractivity contribution in [3.63, 3.8) is 0 Å². The molecule has 0 aromatic rings. The summed E-state index contributed by atoms with van der Waals surface area (Å²) in [5.74, 6) is 1.03. The van der Waals surface area contributed by atoms with E-state index in [0.29, 0.717) is 0 Å². The molecular weight excluding hydrogens is 222 g/mol. The number of methoxy groups -OCH3 is 1. The van der Waals surface area contributed by atoms with E-state index < -0.39 is 0 Å².